The molecule has 1 saturated heterocycles. The van der Waals surface area contributed by atoms with E-state index in [0.29, 0.717) is 25.6 Å². The number of ether oxygens (including phenoxy) is 1. The molecule has 1 aliphatic rings. The molecule has 1 fully saturated rings. The Kier molecular flexibility index (Phi) is 6.24. The van der Waals surface area contributed by atoms with E-state index in [1.54, 1.807) is 0 Å². The molecule has 1 aliphatic heterocycles. The van der Waals surface area contributed by atoms with Crippen LogP contribution in [0.5, 0.6) is 5.75 Å². The van der Waals surface area contributed by atoms with Gasteiger partial charge in [-0.25, -0.2) is 0 Å². The molecule has 2 unspecified atom stereocenters. The van der Waals surface area contributed by atoms with Crippen LogP contribution in [0.4, 0.5) is 0 Å². The van der Waals surface area contributed by atoms with Gasteiger partial charge in [0.1, 0.15) is 5.75 Å². The minimum atomic E-state index is -0.631. The fourth-order valence-corrected chi connectivity index (χ4v) is 2.73. The number of benzene rings is 1. The average Bonchev–Trinajstić information content (AvgIpc) is 2.96. The number of aliphatic hydroxyl groups excluding tert-OH is 1. The average molecular weight is 334 g/mol. The van der Waals surface area contributed by atoms with Crippen molar-refractivity contribution in [3.8, 4) is 5.75 Å². The Labute approximate surface area is 144 Å². The Bertz CT molecular complexity index is 540. The van der Waals surface area contributed by atoms with E-state index >= 15 is 0 Å². The Morgan fingerprint density at radius 1 is 1.33 bits per heavy atom. The Hall–Kier alpha value is -1.59. The zero-order chi connectivity index (χ0) is 17.7. The van der Waals surface area contributed by atoms with Crippen LogP contribution in [0.2, 0.25) is 0 Å². The van der Waals surface area contributed by atoms with E-state index in [9.17, 15) is 9.90 Å². The number of carbonyl (C=O) groups is 1. The Balaban J connectivity index is 1.93. The lowest BCUT2D eigenvalue weighted by Gasteiger charge is -2.26. The van der Waals surface area contributed by atoms with Crippen molar-refractivity contribution in [1.29, 1.82) is 0 Å². The van der Waals surface area contributed by atoms with Crippen LogP contribution in [0, 0.1) is 11.8 Å². The predicted molar refractivity (Wildman–Crippen MR) is 95.2 cm³/mol. The maximum atomic E-state index is 12.6. The maximum absolute atomic E-state index is 12.6. The summed E-state index contributed by atoms with van der Waals surface area (Å²) in [6.45, 7) is 10.6. The highest BCUT2D eigenvalue weighted by molar-refractivity contribution is 5.87. The first-order chi connectivity index (χ1) is 11.3. The summed E-state index contributed by atoms with van der Waals surface area (Å²) in [6, 6.07) is 7.72. The van der Waals surface area contributed by atoms with Gasteiger partial charge in [-0.05, 0) is 37.5 Å². The predicted octanol–water partition coefficient (Wildman–Crippen LogP) is 1.70. The van der Waals surface area contributed by atoms with Crippen LogP contribution >= 0.6 is 0 Å². The Morgan fingerprint density at radius 3 is 2.54 bits per heavy atom. The third kappa shape index (κ3) is 4.71. The first kappa shape index (κ1) is 18.7. The molecule has 24 heavy (non-hydrogen) atoms. The van der Waals surface area contributed by atoms with Crippen molar-refractivity contribution >= 4 is 5.91 Å². The molecule has 1 aromatic rings. The molecule has 1 aromatic carbocycles. The first-order valence-electron chi connectivity index (χ1n) is 8.71. The largest absolute Gasteiger partial charge is 0.493 e. The summed E-state index contributed by atoms with van der Waals surface area (Å²) in [6.07, 6.45) is -0.384. The molecule has 0 saturated carbocycles. The second kappa shape index (κ2) is 7.99. The van der Waals surface area contributed by atoms with Gasteiger partial charge in [0.2, 0.25) is 5.91 Å². The smallest absolute Gasteiger partial charge is 0.230 e. The fourth-order valence-electron chi connectivity index (χ4n) is 2.73. The molecule has 0 bridgehead atoms. The highest BCUT2D eigenvalue weighted by Crippen LogP contribution is 2.26. The van der Waals surface area contributed by atoms with E-state index in [0.717, 1.165) is 17.9 Å². The van der Waals surface area contributed by atoms with Crippen LogP contribution < -0.4 is 15.4 Å². The third-order valence-corrected chi connectivity index (χ3v) is 4.56. The van der Waals surface area contributed by atoms with E-state index in [1.165, 1.54) is 0 Å². The molecule has 5 heteroatoms. The standard InChI is InChI=1S/C19H30N2O3/c1-13(2)12-24-16-7-5-15(6-8-16)19(3,4)18(23)21-10-14-9-20-11-17(14)22/h5-8,13-14,17,20,22H,9-12H2,1-4H3,(H,21,23). The lowest BCUT2D eigenvalue weighted by molar-refractivity contribution is -0.125. The van der Waals surface area contributed by atoms with Gasteiger partial charge in [-0.3, -0.25) is 4.79 Å². The number of hydrogen-bond donors (Lipinski definition) is 3. The molecular formula is C19H30N2O3. The lowest BCUT2D eigenvalue weighted by Crippen LogP contribution is -2.43. The van der Waals surface area contributed by atoms with E-state index in [2.05, 4.69) is 24.5 Å². The van der Waals surface area contributed by atoms with Crippen LogP contribution in [0.25, 0.3) is 0 Å². The van der Waals surface area contributed by atoms with Crippen LogP contribution in [0.1, 0.15) is 33.3 Å². The van der Waals surface area contributed by atoms with Gasteiger partial charge in [-0.15, -0.1) is 0 Å². The van der Waals surface area contributed by atoms with E-state index in [4.69, 9.17) is 4.74 Å². The summed E-state index contributed by atoms with van der Waals surface area (Å²) in [5.41, 5.74) is 0.315. The van der Waals surface area contributed by atoms with Gasteiger partial charge < -0.3 is 20.5 Å². The Morgan fingerprint density at radius 2 is 2.00 bits per heavy atom. The summed E-state index contributed by atoms with van der Waals surface area (Å²) >= 11 is 0. The highest BCUT2D eigenvalue weighted by atomic mass is 16.5. The summed E-state index contributed by atoms with van der Waals surface area (Å²) < 4.78 is 5.69. The SMILES string of the molecule is CC(C)COc1ccc(C(C)(C)C(=O)NCC2CNCC2O)cc1. The van der Waals surface area contributed by atoms with Crippen molar-refractivity contribution in [3.63, 3.8) is 0 Å². The second-order valence-corrected chi connectivity index (χ2v) is 7.55. The zero-order valence-corrected chi connectivity index (χ0v) is 15.1. The van der Waals surface area contributed by atoms with Gasteiger partial charge >= 0.3 is 0 Å². The lowest BCUT2D eigenvalue weighted by atomic mass is 9.83. The molecule has 2 atom stereocenters. The van der Waals surface area contributed by atoms with Crippen LogP contribution in [-0.4, -0.2) is 43.4 Å². The summed E-state index contributed by atoms with van der Waals surface area (Å²) in [4.78, 5) is 12.6. The summed E-state index contributed by atoms with van der Waals surface area (Å²) in [7, 11) is 0. The summed E-state index contributed by atoms with van der Waals surface area (Å²) in [5, 5.41) is 15.9. The van der Waals surface area contributed by atoms with Gasteiger partial charge in [0.25, 0.3) is 0 Å². The zero-order valence-electron chi connectivity index (χ0n) is 15.1. The van der Waals surface area contributed by atoms with E-state index < -0.39 is 5.41 Å². The van der Waals surface area contributed by atoms with Gasteiger partial charge in [-0.1, -0.05) is 26.0 Å². The highest BCUT2D eigenvalue weighted by Gasteiger charge is 2.31. The van der Waals surface area contributed by atoms with Gasteiger partial charge in [-0.2, -0.15) is 0 Å². The number of amides is 1. The molecule has 0 radical (unpaired) electrons. The molecule has 2 rings (SSSR count). The van der Waals surface area contributed by atoms with Gasteiger partial charge in [0.05, 0.1) is 18.1 Å². The topological polar surface area (TPSA) is 70.6 Å². The molecule has 3 N–H and O–H groups in total. The molecular weight excluding hydrogens is 304 g/mol. The van der Waals surface area contributed by atoms with Crippen molar-refractivity contribution in [2.45, 2.75) is 39.2 Å². The molecule has 0 spiro atoms. The van der Waals surface area contributed by atoms with Crippen LogP contribution in [0.15, 0.2) is 24.3 Å². The van der Waals surface area contributed by atoms with Crippen molar-refractivity contribution < 1.29 is 14.6 Å². The number of hydrogen-bond acceptors (Lipinski definition) is 4. The van der Waals surface area contributed by atoms with E-state index in [1.807, 2.05) is 38.1 Å². The van der Waals surface area contributed by atoms with Crippen LogP contribution in [0.3, 0.4) is 0 Å². The van der Waals surface area contributed by atoms with Gasteiger partial charge in [0.15, 0.2) is 0 Å². The minimum Gasteiger partial charge on any atom is -0.493 e. The van der Waals surface area contributed by atoms with Gasteiger partial charge in [0, 0.05) is 25.6 Å². The number of nitrogens with one attached hydrogen (secondary N) is 2. The number of β-amino-alcohol motifs (C(OH)–C–C–N with tert-alkyl or cyclic N) is 1. The normalized spacial score (nSPS) is 21.1. The number of aliphatic hydroxyl groups is 1. The van der Waals surface area contributed by atoms with Crippen molar-refractivity contribution in [2.75, 3.05) is 26.2 Å². The molecule has 0 aliphatic carbocycles. The molecule has 5 nitrogen and oxygen atoms in total. The third-order valence-electron chi connectivity index (χ3n) is 4.56. The first-order valence-corrected chi connectivity index (χ1v) is 8.71. The monoisotopic (exact) mass is 334 g/mol. The summed E-state index contributed by atoms with van der Waals surface area (Å²) in [5.74, 6) is 1.35. The van der Waals surface area contributed by atoms with Crippen molar-refractivity contribution in [3.05, 3.63) is 29.8 Å². The quantitative estimate of drug-likeness (QED) is 0.710. The van der Waals surface area contributed by atoms with Crippen molar-refractivity contribution in [2.24, 2.45) is 11.8 Å². The van der Waals surface area contributed by atoms with E-state index in [-0.39, 0.29) is 17.9 Å². The molecule has 134 valence electrons. The molecule has 1 heterocycles. The second-order valence-electron chi connectivity index (χ2n) is 7.55. The minimum absolute atomic E-state index is 0.0301. The van der Waals surface area contributed by atoms with Crippen LogP contribution in [-0.2, 0) is 10.2 Å². The number of rotatable bonds is 7. The fraction of sp³-hybridized carbons (Fsp3) is 0.632. The van der Waals surface area contributed by atoms with Crippen molar-refractivity contribution in [1.82, 2.24) is 10.6 Å². The molecule has 1 amide bonds. The number of carbonyl (C=O) groups excluding carboxylic acids is 1. The molecule has 0 aromatic heterocycles. The maximum Gasteiger partial charge on any atom is 0.230 e.